The zero-order chi connectivity index (χ0) is 28.7. The molecule has 5 rings (SSSR count). The van der Waals surface area contributed by atoms with E-state index in [2.05, 4.69) is 77.9 Å². The quantitative estimate of drug-likeness (QED) is 0.325. The average molecular weight is 543 g/mol. The summed E-state index contributed by atoms with van der Waals surface area (Å²) in [6, 6.07) is 17.8. The van der Waals surface area contributed by atoms with Crippen molar-refractivity contribution in [2.45, 2.75) is 128 Å². The summed E-state index contributed by atoms with van der Waals surface area (Å²) in [5.41, 5.74) is 9.45. The van der Waals surface area contributed by atoms with Crippen LogP contribution in [0.2, 0.25) is 0 Å². The molecule has 0 heterocycles. The summed E-state index contributed by atoms with van der Waals surface area (Å²) < 4.78 is 0. The molecule has 0 unspecified atom stereocenters. The molecular weight excluding hydrogens is 488 g/mol. The molecule has 0 aliphatic heterocycles. The van der Waals surface area contributed by atoms with Crippen LogP contribution in [0.15, 0.2) is 48.5 Å². The van der Waals surface area contributed by atoms with Gasteiger partial charge < -0.3 is 10.2 Å². The zero-order valence-electron chi connectivity index (χ0n) is 25.7. The van der Waals surface area contributed by atoms with Crippen molar-refractivity contribution in [2.75, 3.05) is 0 Å². The Morgan fingerprint density at radius 3 is 1.20 bits per heavy atom. The van der Waals surface area contributed by atoms with Crippen molar-refractivity contribution < 1.29 is 13.1 Å². The Balaban J connectivity index is 0.00000242. The van der Waals surface area contributed by atoms with Gasteiger partial charge in [0.15, 0.2) is 0 Å². The number of phenolic OH excluding ortho intramolecular Hbond substituents is 2. The Hall–Kier alpha value is -2.74. The highest BCUT2D eigenvalue weighted by Crippen LogP contribution is 2.45. The van der Waals surface area contributed by atoms with Crippen LogP contribution in [0.5, 0.6) is 11.5 Å². The van der Waals surface area contributed by atoms with Gasteiger partial charge in [0, 0.05) is 13.7 Å². The molecule has 0 amide bonds. The maximum absolute atomic E-state index is 10.9. The number of aryl methyl sites for hydroxylation is 2. The first kappa shape index (κ1) is 28.8. The second-order valence-electron chi connectivity index (χ2n) is 13.9. The van der Waals surface area contributed by atoms with E-state index in [1.54, 1.807) is 0 Å². The van der Waals surface area contributed by atoms with E-state index in [0.29, 0.717) is 23.3 Å². The number of benzene rings is 3. The number of phenols is 2. The van der Waals surface area contributed by atoms with Crippen molar-refractivity contribution in [1.29, 1.82) is 0 Å². The molecule has 40 heavy (non-hydrogen) atoms. The lowest BCUT2D eigenvalue weighted by Crippen LogP contribution is -2.23. The molecule has 0 atom stereocenters. The highest BCUT2D eigenvalue weighted by molar-refractivity contribution is 5.53. The number of hydrogen-bond acceptors (Lipinski definition) is 2. The fourth-order valence-corrected chi connectivity index (χ4v) is 7.86. The lowest BCUT2D eigenvalue weighted by atomic mass is 9.71. The molecule has 0 radical (unpaired) electrons. The Labute approximate surface area is 245 Å². The Morgan fingerprint density at radius 1 is 0.550 bits per heavy atom. The lowest BCUT2D eigenvalue weighted by Gasteiger charge is -2.33. The molecule has 0 bridgehead atoms. The SMILES string of the molecule is Cc1cc(O)c(C2CCCCC2)cc1C(C)(C)c1ccc(C(C)(C)c2cc(C3CCCCC3)c(O)cc2C)cc1.[HH].[HH]. The molecule has 2 aliphatic rings. The zero-order valence-corrected chi connectivity index (χ0v) is 25.7. The van der Waals surface area contributed by atoms with E-state index in [1.165, 1.54) is 86.5 Å². The fourth-order valence-electron chi connectivity index (χ4n) is 7.86. The fraction of sp³-hybridized carbons (Fsp3) is 0.526. The highest BCUT2D eigenvalue weighted by Gasteiger charge is 2.31. The van der Waals surface area contributed by atoms with Crippen LogP contribution in [0, 0.1) is 13.8 Å². The first-order chi connectivity index (χ1) is 19.0. The molecule has 0 saturated heterocycles. The van der Waals surface area contributed by atoms with E-state index in [0.717, 1.165) is 22.3 Å². The molecule has 0 aromatic heterocycles. The predicted molar refractivity (Wildman–Crippen MR) is 172 cm³/mol. The largest absolute Gasteiger partial charge is 0.508 e. The number of hydrogen-bond donors (Lipinski definition) is 2. The van der Waals surface area contributed by atoms with Crippen LogP contribution in [0.1, 0.15) is 151 Å². The van der Waals surface area contributed by atoms with Crippen LogP contribution >= 0.6 is 0 Å². The summed E-state index contributed by atoms with van der Waals surface area (Å²) in [5.74, 6) is 1.88. The topological polar surface area (TPSA) is 40.5 Å². The molecule has 218 valence electrons. The normalized spacial score (nSPS) is 17.8. The van der Waals surface area contributed by atoms with Crippen LogP contribution in [0.25, 0.3) is 0 Å². The second-order valence-corrected chi connectivity index (χ2v) is 13.9. The second kappa shape index (κ2) is 11.3. The summed E-state index contributed by atoms with van der Waals surface area (Å²) in [4.78, 5) is 0. The van der Waals surface area contributed by atoms with Gasteiger partial charge in [0.1, 0.15) is 11.5 Å². The summed E-state index contributed by atoms with van der Waals surface area (Å²) in [5, 5.41) is 21.7. The third-order valence-corrected chi connectivity index (χ3v) is 10.5. The van der Waals surface area contributed by atoms with Crippen molar-refractivity contribution in [1.82, 2.24) is 0 Å². The van der Waals surface area contributed by atoms with Crippen molar-refractivity contribution in [3.63, 3.8) is 0 Å². The summed E-state index contributed by atoms with van der Waals surface area (Å²) in [7, 11) is 0. The standard InChI is InChI=1S/C38H50O2.2H2/c1-25-21-35(39)31(27-13-9-7-10-14-27)23-33(25)37(3,4)29-17-19-30(20-18-29)38(5,6)34-24-32(36(40)22-26(34)2)28-15-11-8-12-16-28;;/h17-24,27-28,39-40H,7-16H2,1-6H3;2*1H. The van der Waals surface area contributed by atoms with Crippen LogP contribution < -0.4 is 0 Å². The van der Waals surface area contributed by atoms with E-state index in [-0.39, 0.29) is 13.7 Å². The third-order valence-electron chi connectivity index (χ3n) is 10.5. The van der Waals surface area contributed by atoms with Gasteiger partial charge in [-0.3, -0.25) is 0 Å². The lowest BCUT2D eigenvalue weighted by molar-refractivity contribution is 0.412. The molecule has 0 spiro atoms. The van der Waals surface area contributed by atoms with Crippen molar-refractivity contribution in [2.24, 2.45) is 0 Å². The van der Waals surface area contributed by atoms with Gasteiger partial charge in [-0.15, -0.1) is 0 Å². The van der Waals surface area contributed by atoms with Crippen LogP contribution in [-0.4, -0.2) is 10.2 Å². The van der Waals surface area contributed by atoms with Crippen LogP contribution in [0.3, 0.4) is 0 Å². The summed E-state index contributed by atoms with van der Waals surface area (Å²) in [6.45, 7) is 13.5. The van der Waals surface area contributed by atoms with Crippen molar-refractivity contribution >= 4 is 0 Å². The average Bonchev–Trinajstić information content (AvgIpc) is 2.94. The minimum atomic E-state index is -0.174. The van der Waals surface area contributed by atoms with Crippen LogP contribution in [-0.2, 0) is 10.8 Å². The molecule has 2 nitrogen and oxygen atoms in total. The molecule has 2 N–H and O–H groups in total. The van der Waals surface area contributed by atoms with Crippen molar-refractivity contribution in [3.8, 4) is 11.5 Å². The van der Waals surface area contributed by atoms with E-state index < -0.39 is 0 Å². The highest BCUT2D eigenvalue weighted by atomic mass is 16.3. The molecule has 2 heteroatoms. The molecule has 2 saturated carbocycles. The third kappa shape index (κ3) is 5.44. The monoisotopic (exact) mass is 542 g/mol. The minimum Gasteiger partial charge on any atom is -0.508 e. The smallest absolute Gasteiger partial charge is 0.119 e. The molecule has 3 aromatic rings. The van der Waals surface area contributed by atoms with E-state index in [4.69, 9.17) is 0 Å². The minimum absolute atomic E-state index is 0. The first-order valence-electron chi connectivity index (χ1n) is 15.8. The first-order valence-corrected chi connectivity index (χ1v) is 15.8. The Kier molecular flexibility index (Phi) is 8.10. The number of aromatic hydroxyl groups is 2. The summed E-state index contributed by atoms with van der Waals surface area (Å²) >= 11 is 0. The van der Waals surface area contributed by atoms with Gasteiger partial charge in [-0.1, -0.05) is 103 Å². The van der Waals surface area contributed by atoms with Crippen LogP contribution in [0.4, 0.5) is 0 Å². The van der Waals surface area contributed by atoms with Gasteiger partial charge in [-0.2, -0.15) is 0 Å². The molecule has 3 aromatic carbocycles. The predicted octanol–water partition coefficient (Wildman–Crippen LogP) is 11.0. The molecule has 2 fully saturated rings. The number of rotatable bonds is 6. The van der Waals surface area contributed by atoms with Crippen molar-refractivity contribution in [3.05, 3.63) is 93.0 Å². The van der Waals surface area contributed by atoms with E-state index >= 15 is 0 Å². The summed E-state index contributed by atoms with van der Waals surface area (Å²) in [6.07, 6.45) is 12.4. The molecular formula is C38H54O2. The van der Waals surface area contributed by atoms with Gasteiger partial charge >= 0.3 is 0 Å². The van der Waals surface area contributed by atoms with Gasteiger partial charge in [-0.05, 0) is 108 Å². The Morgan fingerprint density at radius 2 is 0.875 bits per heavy atom. The van der Waals surface area contributed by atoms with E-state index in [1.807, 2.05) is 12.1 Å². The van der Waals surface area contributed by atoms with E-state index in [9.17, 15) is 10.2 Å². The van der Waals surface area contributed by atoms with Gasteiger partial charge in [0.2, 0.25) is 0 Å². The van der Waals surface area contributed by atoms with Gasteiger partial charge in [-0.25, -0.2) is 0 Å². The maximum Gasteiger partial charge on any atom is 0.119 e. The molecule has 2 aliphatic carbocycles. The maximum atomic E-state index is 10.9. The Bertz CT molecular complexity index is 1240. The van der Waals surface area contributed by atoms with Gasteiger partial charge in [0.25, 0.3) is 0 Å². The van der Waals surface area contributed by atoms with Gasteiger partial charge in [0.05, 0.1) is 0 Å².